The molecule has 0 radical (unpaired) electrons. The molecule has 1 fully saturated rings. The summed E-state index contributed by atoms with van der Waals surface area (Å²) in [4.78, 5) is 29.2. The van der Waals surface area contributed by atoms with Crippen molar-refractivity contribution in [2.75, 3.05) is 6.54 Å². The minimum absolute atomic E-state index is 0.187. The topological polar surface area (TPSA) is 70.5 Å². The zero-order valence-corrected chi connectivity index (χ0v) is 11.9. The fourth-order valence-electron chi connectivity index (χ4n) is 2.68. The number of carbonyl (C=O) groups excluding carboxylic acids is 1. The summed E-state index contributed by atoms with van der Waals surface area (Å²) >= 11 is 6.11. The zero-order chi connectivity index (χ0) is 15.0. The average Bonchev–Trinajstić information content (AvgIpc) is 2.96. The van der Waals surface area contributed by atoms with Crippen LogP contribution in [0.4, 0.5) is 0 Å². The van der Waals surface area contributed by atoms with E-state index in [2.05, 4.69) is 4.98 Å². The van der Waals surface area contributed by atoms with Crippen LogP contribution in [0, 0.1) is 0 Å². The number of aliphatic carboxylic acids is 1. The van der Waals surface area contributed by atoms with Crippen LogP contribution < -0.4 is 0 Å². The molecule has 1 aromatic heterocycles. The molecule has 0 spiro atoms. The van der Waals surface area contributed by atoms with Crippen LogP contribution in [0.15, 0.2) is 30.3 Å². The predicted octanol–water partition coefficient (Wildman–Crippen LogP) is 2.58. The number of halogens is 1. The first-order valence-corrected chi connectivity index (χ1v) is 7.05. The molecule has 5 nitrogen and oxygen atoms in total. The molecule has 1 aromatic carbocycles. The molecule has 3 rings (SSSR count). The van der Waals surface area contributed by atoms with Gasteiger partial charge in [0.15, 0.2) is 0 Å². The Labute approximate surface area is 126 Å². The molecule has 2 heterocycles. The smallest absolute Gasteiger partial charge is 0.326 e. The summed E-state index contributed by atoms with van der Waals surface area (Å²) in [6.07, 6.45) is 1.16. The number of aromatic nitrogens is 1. The van der Waals surface area contributed by atoms with Gasteiger partial charge < -0.3 is 10.0 Å². The van der Waals surface area contributed by atoms with E-state index < -0.39 is 12.0 Å². The van der Waals surface area contributed by atoms with E-state index in [1.165, 1.54) is 4.90 Å². The van der Waals surface area contributed by atoms with E-state index in [1.807, 2.05) is 24.3 Å². The van der Waals surface area contributed by atoms with E-state index in [1.54, 1.807) is 6.07 Å². The Morgan fingerprint density at radius 3 is 2.86 bits per heavy atom. The molecule has 1 aliphatic heterocycles. The van der Waals surface area contributed by atoms with Gasteiger partial charge in [0.05, 0.1) is 0 Å². The van der Waals surface area contributed by atoms with Gasteiger partial charge in [-0.15, -0.1) is 0 Å². The Bertz CT molecular complexity index is 732. The number of hydrogen-bond acceptors (Lipinski definition) is 3. The number of benzene rings is 1. The summed E-state index contributed by atoms with van der Waals surface area (Å²) in [7, 11) is 0. The largest absolute Gasteiger partial charge is 0.480 e. The van der Waals surface area contributed by atoms with E-state index in [0.29, 0.717) is 19.4 Å². The van der Waals surface area contributed by atoms with E-state index in [0.717, 1.165) is 10.8 Å². The molecule has 0 aliphatic carbocycles. The molecule has 1 aliphatic rings. The molecule has 1 atom stereocenters. The molecule has 108 valence electrons. The van der Waals surface area contributed by atoms with Crippen molar-refractivity contribution in [2.24, 2.45) is 0 Å². The van der Waals surface area contributed by atoms with Gasteiger partial charge in [-0.05, 0) is 24.3 Å². The maximum absolute atomic E-state index is 12.5. The SMILES string of the molecule is O=C(O)[C@H]1CCCN1C(=O)c1cc2ccccc2c(Cl)n1. The summed E-state index contributed by atoms with van der Waals surface area (Å²) in [5, 5.41) is 11.0. The third kappa shape index (κ3) is 2.45. The van der Waals surface area contributed by atoms with Crippen molar-refractivity contribution in [3.05, 3.63) is 41.2 Å². The predicted molar refractivity (Wildman–Crippen MR) is 78.4 cm³/mol. The van der Waals surface area contributed by atoms with E-state index in [9.17, 15) is 9.59 Å². The molecule has 0 saturated carbocycles. The van der Waals surface area contributed by atoms with Gasteiger partial charge in [-0.25, -0.2) is 9.78 Å². The van der Waals surface area contributed by atoms with Gasteiger partial charge in [0, 0.05) is 11.9 Å². The van der Waals surface area contributed by atoms with Gasteiger partial charge >= 0.3 is 5.97 Å². The van der Waals surface area contributed by atoms with E-state index >= 15 is 0 Å². The number of carboxylic acids is 1. The lowest BCUT2D eigenvalue weighted by Gasteiger charge is -2.21. The van der Waals surface area contributed by atoms with Crippen LogP contribution in [-0.2, 0) is 4.79 Å². The monoisotopic (exact) mass is 304 g/mol. The number of amides is 1. The number of rotatable bonds is 2. The molecule has 6 heteroatoms. The lowest BCUT2D eigenvalue weighted by Crippen LogP contribution is -2.40. The maximum Gasteiger partial charge on any atom is 0.326 e. The second kappa shape index (κ2) is 5.33. The fraction of sp³-hybridized carbons (Fsp3) is 0.267. The van der Waals surface area contributed by atoms with Crippen LogP contribution in [0.3, 0.4) is 0 Å². The third-order valence-corrected chi connectivity index (χ3v) is 4.00. The second-order valence-electron chi connectivity index (χ2n) is 5.01. The van der Waals surface area contributed by atoms with Crippen LogP contribution in [0.2, 0.25) is 5.15 Å². The Balaban J connectivity index is 2.00. The van der Waals surface area contributed by atoms with Crippen LogP contribution in [-0.4, -0.2) is 39.5 Å². The van der Waals surface area contributed by atoms with Gasteiger partial charge in [0.25, 0.3) is 5.91 Å². The van der Waals surface area contributed by atoms with Crippen LogP contribution in [0.1, 0.15) is 23.3 Å². The zero-order valence-electron chi connectivity index (χ0n) is 11.1. The standard InChI is InChI=1S/C15H13ClN2O3/c16-13-10-5-2-1-4-9(10)8-11(17-13)14(19)18-7-3-6-12(18)15(20)21/h1-2,4-5,8,12H,3,6-7H2,(H,20,21)/t12-/m1/s1. The summed E-state index contributed by atoms with van der Waals surface area (Å²) in [6, 6.07) is 8.25. The highest BCUT2D eigenvalue weighted by molar-refractivity contribution is 6.34. The number of fused-ring (bicyclic) bond motifs is 1. The molecule has 1 N–H and O–H groups in total. The maximum atomic E-state index is 12.5. The Hall–Kier alpha value is -2.14. The lowest BCUT2D eigenvalue weighted by atomic mass is 10.1. The number of pyridine rings is 1. The van der Waals surface area contributed by atoms with E-state index in [4.69, 9.17) is 16.7 Å². The molecule has 0 bridgehead atoms. The van der Waals surface area contributed by atoms with Crippen LogP contribution >= 0.6 is 11.6 Å². The van der Waals surface area contributed by atoms with Crippen LogP contribution in [0.5, 0.6) is 0 Å². The Morgan fingerprint density at radius 1 is 1.33 bits per heavy atom. The normalized spacial score (nSPS) is 18.1. The molecular weight excluding hydrogens is 292 g/mol. The van der Waals surface area contributed by atoms with Gasteiger partial charge in [-0.1, -0.05) is 35.9 Å². The summed E-state index contributed by atoms with van der Waals surface area (Å²) in [5.41, 5.74) is 0.187. The third-order valence-electron chi connectivity index (χ3n) is 3.71. The first-order chi connectivity index (χ1) is 10.1. The fourth-order valence-corrected chi connectivity index (χ4v) is 2.94. The van der Waals surface area contributed by atoms with Crippen molar-refractivity contribution in [1.82, 2.24) is 9.88 Å². The number of likely N-dealkylation sites (tertiary alicyclic amines) is 1. The van der Waals surface area contributed by atoms with Crippen molar-refractivity contribution in [1.29, 1.82) is 0 Å². The van der Waals surface area contributed by atoms with Gasteiger partial charge in [-0.2, -0.15) is 0 Å². The number of hydrogen-bond donors (Lipinski definition) is 1. The minimum atomic E-state index is -0.979. The van der Waals surface area contributed by atoms with E-state index in [-0.39, 0.29) is 16.8 Å². The van der Waals surface area contributed by atoms with Crippen molar-refractivity contribution in [2.45, 2.75) is 18.9 Å². The summed E-state index contributed by atoms with van der Waals surface area (Å²) in [5.74, 6) is -1.36. The highest BCUT2D eigenvalue weighted by Crippen LogP contribution is 2.25. The van der Waals surface area contributed by atoms with Gasteiger partial charge in [0.2, 0.25) is 0 Å². The summed E-state index contributed by atoms with van der Waals surface area (Å²) in [6.45, 7) is 0.432. The van der Waals surface area contributed by atoms with Crippen LogP contribution in [0.25, 0.3) is 10.8 Å². The number of carbonyl (C=O) groups is 2. The van der Waals surface area contributed by atoms with Crippen molar-refractivity contribution >= 4 is 34.2 Å². The first-order valence-electron chi connectivity index (χ1n) is 6.67. The van der Waals surface area contributed by atoms with Crippen molar-refractivity contribution in [3.8, 4) is 0 Å². The molecule has 2 aromatic rings. The molecule has 0 unspecified atom stereocenters. The lowest BCUT2D eigenvalue weighted by molar-refractivity contribution is -0.141. The summed E-state index contributed by atoms with van der Waals surface area (Å²) < 4.78 is 0. The Morgan fingerprint density at radius 2 is 2.10 bits per heavy atom. The number of carboxylic acid groups (broad SMARTS) is 1. The van der Waals surface area contributed by atoms with Crippen molar-refractivity contribution in [3.63, 3.8) is 0 Å². The minimum Gasteiger partial charge on any atom is -0.480 e. The number of nitrogens with zero attached hydrogens (tertiary/aromatic N) is 2. The first kappa shape index (κ1) is 13.8. The van der Waals surface area contributed by atoms with Gasteiger partial charge in [-0.3, -0.25) is 4.79 Å². The molecule has 1 saturated heterocycles. The highest BCUT2D eigenvalue weighted by atomic mass is 35.5. The quantitative estimate of drug-likeness (QED) is 0.866. The van der Waals surface area contributed by atoms with Gasteiger partial charge in [0.1, 0.15) is 16.9 Å². The molecular formula is C15H13ClN2O3. The van der Waals surface area contributed by atoms with Crippen molar-refractivity contribution < 1.29 is 14.7 Å². The highest BCUT2D eigenvalue weighted by Gasteiger charge is 2.35. The molecule has 1 amide bonds. The molecule has 21 heavy (non-hydrogen) atoms. The average molecular weight is 305 g/mol. The Kier molecular flexibility index (Phi) is 3.51. The second-order valence-corrected chi connectivity index (χ2v) is 5.37.